The van der Waals surface area contributed by atoms with Gasteiger partial charge in [-0.3, -0.25) is 0 Å². The van der Waals surface area contributed by atoms with Crippen molar-refractivity contribution in [3.63, 3.8) is 0 Å². The molecule has 1 heterocycles. The molecule has 1 aliphatic rings. The van der Waals surface area contributed by atoms with E-state index in [1.165, 1.54) is 30.6 Å². The topological polar surface area (TPSA) is 49.3 Å². The van der Waals surface area contributed by atoms with E-state index in [-0.39, 0.29) is 0 Å². The molecule has 1 aromatic rings. The Hall–Kier alpha value is -1.10. The van der Waals surface area contributed by atoms with E-state index < -0.39 is 0 Å². The molecule has 112 valence electrons. The molecule has 1 saturated carbocycles. The summed E-state index contributed by atoms with van der Waals surface area (Å²) in [5, 5.41) is 7.80. The average Bonchev–Trinajstić information content (AvgIpc) is 3.18. The Labute approximate surface area is 126 Å². The van der Waals surface area contributed by atoms with Crippen LogP contribution in [0.4, 0.5) is 0 Å². The molecule has 0 bridgehead atoms. The molecular weight excluding hydrogens is 268 g/mol. The van der Waals surface area contributed by atoms with Crippen LogP contribution in [-0.4, -0.2) is 24.0 Å². The van der Waals surface area contributed by atoms with Crippen molar-refractivity contribution in [2.45, 2.75) is 53.0 Å². The van der Waals surface area contributed by atoms with Crippen LogP contribution in [0, 0.1) is 19.8 Å². The van der Waals surface area contributed by atoms with E-state index in [9.17, 15) is 0 Å². The van der Waals surface area contributed by atoms with Crippen LogP contribution in [0.15, 0.2) is 4.99 Å². The van der Waals surface area contributed by atoms with Crippen LogP contribution in [0.2, 0.25) is 0 Å². The van der Waals surface area contributed by atoms with E-state index in [0.29, 0.717) is 6.54 Å². The van der Waals surface area contributed by atoms with Gasteiger partial charge >= 0.3 is 0 Å². The van der Waals surface area contributed by atoms with Crippen LogP contribution in [0.5, 0.6) is 0 Å². The molecule has 1 aromatic heterocycles. The molecule has 0 atom stereocenters. The van der Waals surface area contributed by atoms with Gasteiger partial charge in [-0.25, -0.2) is 9.98 Å². The maximum atomic E-state index is 4.61. The van der Waals surface area contributed by atoms with Crippen LogP contribution < -0.4 is 10.6 Å². The van der Waals surface area contributed by atoms with Crippen molar-refractivity contribution < 1.29 is 0 Å². The number of nitrogens with zero attached hydrogens (tertiary/aromatic N) is 2. The highest BCUT2D eigenvalue weighted by Gasteiger charge is 2.19. The Morgan fingerprint density at radius 2 is 2.15 bits per heavy atom. The van der Waals surface area contributed by atoms with Crippen LogP contribution in [0.3, 0.4) is 0 Å². The molecule has 1 fully saturated rings. The fraction of sp³-hybridized carbons (Fsp3) is 0.733. The lowest BCUT2D eigenvalue weighted by Gasteiger charge is -2.10. The summed E-state index contributed by atoms with van der Waals surface area (Å²) in [5.41, 5.74) is 1.13. The number of hydrogen-bond donors (Lipinski definition) is 2. The minimum atomic E-state index is 0.664. The van der Waals surface area contributed by atoms with Crippen molar-refractivity contribution in [1.29, 1.82) is 0 Å². The maximum Gasteiger partial charge on any atom is 0.191 e. The predicted octanol–water partition coefficient (Wildman–Crippen LogP) is 3.01. The molecule has 0 unspecified atom stereocenters. The van der Waals surface area contributed by atoms with Gasteiger partial charge in [-0.15, -0.1) is 11.3 Å². The predicted molar refractivity (Wildman–Crippen MR) is 86.4 cm³/mol. The fourth-order valence-corrected chi connectivity index (χ4v) is 2.96. The standard InChI is InChI=1S/C15H26N4S/c1-4-16-15(17-9-5-6-13-7-8-13)18-10-14-19-11(2)12(3)20-14/h13H,4-10H2,1-3H3,(H2,16,17,18). The van der Waals surface area contributed by atoms with Crippen molar-refractivity contribution in [3.05, 3.63) is 15.6 Å². The third-order valence-corrected chi connectivity index (χ3v) is 4.63. The zero-order valence-electron chi connectivity index (χ0n) is 12.8. The summed E-state index contributed by atoms with van der Waals surface area (Å²) in [6.45, 7) is 8.83. The summed E-state index contributed by atoms with van der Waals surface area (Å²) in [5.74, 6) is 1.92. The first-order chi connectivity index (χ1) is 9.69. The van der Waals surface area contributed by atoms with E-state index >= 15 is 0 Å². The summed E-state index contributed by atoms with van der Waals surface area (Å²) in [6, 6.07) is 0. The van der Waals surface area contributed by atoms with Gasteiger partial charge in [-0.1, -0.05) is 12.8 Å². The zero-order valence-corrected chi connectivity index (χ0v) is 13.6. The molecular formula is C15H26N4S. The van der Waals surface area contributed by atoms with Crippen molar-refractivity contribution in [2.24, 2.45) is 10.9 Å². The van der Waals surface area contributed by atoms with Crippen LogP contribution >= 0.6 is 11.3 Å². The van der Waals surface area contributed by atoms with Gasteiger partial charge in [0.1, 0.15) is 5.01 Å². The Bertz CT molecular complexity index is 429. The van der Waals surface area contributed by atoms with Gasteiger partial charge in [-0.05, 0) is 39.5 Å². The monoisotopic (exact) mass is 294 g/mol. The number of thiazole rings is 1. The molecule has 0 spiro atoms. The Balaban J connectivity index is 1.77. The molecule has 20 heavy (non-hydrogen) atoms. The minimum absolute atomic E-state index is 0.664. The minimum Gasteiger partial charge on any atom is -0.357 e. The molecule has 0 amide bonds. The SMILES string of the molecule is CCNC(=NCc1nc(C)c(C)s1)NCCCC1CC1. The number of guanidine groups is 1. The van der Waals surface area contributed by atoms with Crippen molar-refractivity contribution in [2.75, 3.05) is 13.1 Å². The summed E-state index contributed by atoms with van der Waals surface area (Å²) >= 11 is 1.74. The first-order valence-corrected chi connectivity index (χ1v) is 8.45. The average molecular weight is 294 g/mol. The highest BCUT2D eigenvalue weighted by Crippen LogP contribution is 2.33. The number of aromatic nitrogens is 1. The fourth-order valence-electron chi connectivity index (χ4n) is 2.10. The third-order valence-electron chi connectivity index (χ3n) is 3.57. The van der Waals surface area contributed by atoms with Gasteiger partial charge in [0.15, 0.2) is 5.96 Å². The Morgan fingerprint density at radius 3 is 2.75 bits per heavy atom. The van der Waals surface area contributed by atoms with Crippen molar-refractivity contribution in [3.8, 4) is 0 Å². The van der Waals surface area contributed by atoms with E-state index in [0.717, 1.165) is 35.7 Å². The second-order valence-corrected chi connectivity index (χ2v) is 6.74. The molecule has 2 rings (SSSR count). The summed E-state index contributed by atoms with van der Waals surface area (Å²) in [7, 11) is 0. The largest absolute Gasteiger partial charge is 0.357 e. The normalized spacial score (nSPS) is 15.4. The summed E-state index contributed by atoms with van der Waals surface area (Å²) in [4.78, 5) is 10.4. The Kier molecular flexibility index (Phi) is 5.83. The van der Waals surface area contributed by atoms with Gasteiger partial charge in [-0.2, -0.15) is 0 Å². The molecule has 2 N–H and O–H groups in total. The number of aliphatic imine (C=N–C) groups is 1. The lowest BCUT2D eigenvalue weighted by molar-refractivity contribution is 0.645. The van der Waals surface area contributed by atoms with Gasteiger partial charge in [0.25, 0.3) is 0 Å². The molecule has 0 radical (unpaired) electrons. The third kappa shape index (κ3) is 5.12. The number of rotatable bonds is 7. The lowest BCUT2D eigenvalue weighted by Crippen LogP contribution is -2.37. The molecule has 0 saturated heterocycles. The summed E-state index contributed by atoms with van der Waals surface area (Å²) in [6.07, 6.45) is 5.48. The Morgan fingerprint density at radius 1 is 1.35 bits per heavy atom. The van der Waals surface area contributed by atoms with Crippen molar-refractivity contribution in [1.82, 2.24) is 15.6 Å². The number of nitrogens with one attached hydrogen (secondary N) is 2. The van der Waals surface area contributed by atoms with Crippen LogP contribution in [0.25, 0.3) is 0 Å². The van der Waals surface area contributed by atoms with Crippen molar-refractivity contribution >= 4 is 17.3 Å². The first-order valence-electron chi connectivity index (χ1n) is 7.64. The van der Waals surface area contributed by atoms with E-state index in [1.807, 2.05) is 0 Å². The first kappa shape index (κ1) is 15.3. The zero-order chi connectivity index (χ0) is 14.4. The van der Waals surface area contributed by atoms with E-state index in [4.69, 9.17) is 0 Å². The molecule has 0 aliphatic heterocycles. The van der Waals surface area contributed by atoms with Gasteiger partial charge in [0, 0.05) is 18.0 Å². The molecule has 1 aliphatic carbocycles. The lowest BCUT2D eigenvalue weighted by atomic mass is 10.2. The van der Waals surface area contributed by atoms with Gasteiger partial charge < -0.3 is 10.6 Å². The summed E-state index contributed by atoms with van der Waals surface area (Å²) < 4.78 is 0. The highest BCUT2D eigenvalue weighted by molar-refractivity contribution is 7.11. The number of hydrogen-bond acceptors (Lipinski definition) is 3. The quantitative estimate of drug-likeness (QED) is 0.462. The van der Waals surface area contributed by atoms with Gasteiger partial charge in [0.05, 0.1) is 12.2 Å². The van der Waals surface area contributed by atoms with E-state index in [2.05, 4.69) is 41.4 Å². The van der Waals surface area contributed by atoms with E-state index in [1.54, 1.807) is 11.3 Å². The second-order valence-electron chi connectivity index (χ2n) is 5.46. The molecule has 4 nitrogen and oxygen atoms in total. The highest BCUT2D eigenvalue weighted by atomic mass is 32.1. The van der Waals surface area contributed by atoms with Crippen LogP contribution in [-0.2, 0) is 6.54 Å². The van der Waals surface area contributed by atoms with Gasteiger partial charge in [0.2, 0.25) is 0 Å². The smallest absolute Gasteiger partial charge is 0.191 e. The number of aryl methyl sites for hydroxylation is 2. The maximum absolute atomic E-state index is 4.61. The van der Waals surface area contributed by atoms with Crippen LogP contribution in [0.1, 0.15) is 48.2 Å². The second kappa shape index (κ2) is 7.62. The molecule has 5 heteroatoms. The molecule has 0 aromatic carbocycles.